The van der Waals surface area contributed by atoms with Crippen LogP contribution in [0.25, 0.3) is 10.9 Å². The van der Waals surface area contributed by atoms with Crippen LogP contribution in [-0.4, -0.2) is 64.2 Å². The highest BCUT2D eigenvalue weighted by Crippen LogP contribution is 2.67. The van der Waals surface area contributed by atoms with Crippen LogP contribution in [0, 0.1) is 28.6 Å². The van der Waals surface area contributed by atoms with E-state index >= 15 is 0 Å². The predicted molar refractivity (Wildman–Crippen MR) is 163 cm³/mol. The molecule has 0 bridgehead atoms. The smallest absolute Gasteiger partial charge is 0.328 e. The van der Waals surface area contributed by atoms with Gasteiger partial charge < -0.3 is 30.1 Å². The van der Waals surface area contributed by atoms with Gasteiger partial charge in [0.1, 0.15) is 6.04 Å². The summed E-state index contributed by atoms with van der Waals surface area (Å²) >= 11 is 0. The summed E-state index contributed by atoms with van der Waals surface area (Å²) in [6.45, 7) is 6.13. The number of carbonyl (C=O) groups is 2. The molecule has 4 N–H and O–H groups in total. The van der Waals surface area contributed by atoms with E-state index in [0.717, 1.165) is 54.3 Å². The van der Waals surface area contributed by atoms with E-state index in [1.54, 1.807) is 0 Å². The van der Waals surface area contributed by atoms with Gasteiger partial charge in [-0.1, -0.05) is 42.8 Å². The summed E-state index contributed by atoms with van der Waals surface area (Å²) in [5, 5.41) is 30.7. The van der Waals surface area contributed by atoms with Crippen LogP contribution in [0.15, 0.2) is 47.3 Å². The van der Waals surface area contributed by atoms with Crippen molar-refractivity contribution in [2.24, 2.45) is 33.7 Å². The number of aromatic nitrogens is 1. The van der Waals surface area contributed by atoms with Crippen molar-refractivity contribution in [1.29, 1.82) is 0 Å². The summed E-state index contributed by atoms with van der Waals surface area (Å²) in [6, 6.07) is 6.94. The molecule has 0 aliphatic heterocycles. The molecule has 232 valence electrons. The number of para-hydroxylation sites is 1. The van der Waals surface area contributed by atoms with Crippen molar-refractivity contribution in [3.8, 4) is 0 Å². The molecule has 6 rings (SSSR count). The molecule has 8 atom stereocenters. The third-order valence-electron chi connectivity index (χ3n) is 11.8. The van der Waals surface area contributed by atoms with Gasteiger partial charge in [0, 0.05) is 28.9 Å². The molecule has 4 aliphatic carbocycles. The van der Waals surface area contributed by atoms with Crippen molar-refractivity contribution in [2.45, 2.75) is 89.9 Å². The zero-order valence-electron chi connectivity index (χ0n) is 25.7. The van der Waals surface area contributed by atoms with Crippen LogP contribution >= 0.6 is 0 Å². The lowest BCUT2D eigenvalue weighted by Gasteiger charge is -2.60. The van der Waals surface area contributed by atoms with Gasteiger partial charge in [-0.25, -0.2) is 4.79 Å². The Kier molecular flexibility index (Phi) is 7.70. The maximum absolute atomic E-state index is 12.8. The highest BCUT2D eigenvalue weighted by molar-refractivity contribution is 5.96. The molecule has 9 nitrogen and oxygen atoms in total. The number of nitrogens with zero attached hydrogens (tertiary/aromatic N) is 1. The number of methoxy groups -OCH3 is 1. The van der Waals surface area contributed by atoms with Gasteiger partial charge in [0.25, 0.3) is 5.91 Å². The van der Waals surface area contributed by atoms with Crippen LogP contribution in [-0.2, 0) is 25.6 Å². The molecule has 0 spiro atoms. The van der Waals surface area contributed by atoms with Gasteiger partial charge in [-0.15, -0.1) is 0 Å². The van der Waals surface area contributed by atoms with E-state index in [2.05, 4.69) is 35.4 Å². The van der Waals surface area contributed by atoms with Crippen LogP contribution < -0.4 is 5.32 Å². The fraction of sp³-hybridized carbons (Fsp3) is 0.618. The van der Waals surface area contributed by atoms with Crippen LogP contribution in [0.5, 0.6) is 0 Å². The molecule has 3 saturated carbocycles. The van der Waals surface area contributed by atoms with Crippen LogP contribution in [0.4, 0.5) is 0 Å². The highest BCUT2D eigenvalue weighted by Gasteiger charge is 2.64. The number of nitrogens with one attached hydrogen (secondary N) is 2. The SMILES string of the molecule is COC(=O)C(Cc1c[nH]c2ccccc12)NC(=O)CON=C1C=C2CCC3C(C(O)CC4(C)C3CCC4(C)O)C2(C)CC1. The molecule has 8 unspecified atom stereocenters. The van der Waals surface area contributed by atoms with Crippen molar-refractivity contribution in [3.63, 3.8) is 0 Å². The number of ether oxygens (including phenoxy) is 1. The lowest BCUT2D eigenvalue weighted by atomic mass is 9.45. The van der Waals surface area contributed by atoms with E-state index in [4.69, 9.17) is 9.57 Å². The summed E-state index contributed by atoms with van der Waals surface area (Å²) in [5.74, 6) is 0.0175. The monoisotopic (exact) mass is 591 g/mol. The molecular weight excluding hydrogens is 546 g/mol. The van der Waals surface area contributed by atoms with Crippen molar-refractivity contribution >= 4 is 28.5 Å². The fourth-order valence-electron chi connectivity index (χ4n) is 9.26. The largest absolute Gasteiger partial charge is 0.467 e. The van der Waals surface area contributed by atoms with Gasteiger partial charge >= 0.3 is 5.97 Å². The van der Waals surface area contributed by atoms with Crippen LogP contribution in [0.1, 0.15) is 71.3 Å². The molecule has 0 saturated heterocycles. The maximum atomic E-state index is 12.8. The van der Waals surface area contributed by atoms with Gasteiger partial charge in [-0.2, -0.15) is 0 Å². The molecule has 1 aromatic carbocycles. The highest BCUT2D eigenvalue weighted by atomic mass is 16.6. The Labute approximate surface area is 253 Å². The number of amides is 1. The molecular formula is C34H45N3O6. The number of allylic oxidation sites excluding steroid dienone is 2. The minimum Gasteiger partial charge on any atom is -0.467 e. The zero-order valence-corrected chi connectivity index (χ0v) is 25.7. The average Bonchev–Trinajstić information content (AvgIpc) is 3.48. The standard InChI is InChI=1S/C34H45N3O6/c1-32-13-11-22(16-21(32)9-10-24-25-12-14-34(3,41)33(25,2)17-28(38)30(24)32)37-43-19-29(39)36-27(31(40)42-4)15-20-18-35-26-8-6-5-7-23(20)26/h5-8,16,18,24-25,27-28,30,35,38,41H,9-15,17,19H2,1-4H3,(H,36,39). The van der Waals surface area contributed by atoms with Crippen molar-refractivity contribution < 1.29 is 29.4 Å². The fourth-order valence-corrected chi connectivity index (χ4v) is 9.26. The number of benzene rings is 1. The van der Waals surface area contributed by atoms with E-state index in [1.165, 1.54) is 12.7 Å². The second-order valence-electron chi connectivity index (χ2n) is 14.0. The Morgan fingerprint density at radius 3 is 2.74 bits per heavy atom. The summed E-state index contributed by atoms with van der Waals surface area (Å²) in [4.78, 5) is 33.9. The number of fused-ring (bicyclic) bond motifs is 6. The summed E-state index contributed by atoms with van der Waals surface area (Å²) in [7, 11) is 1.30. The van der Waals surface area contributed by atoms with Gasteiger partial charge in [-0.3, -0.25) is 4.79 Å². The third kappa shape index (κ3) is 5.08. The van der Waals surface area contributed by atoms with E-state index in [0.29, 0.717) is 24.7 Å². The Balaban J connectivity index is 1.09. The zero-order chi connectivity index (χ0) is 30.6. The molecule has 4 aliphatic rings. The molecule has 0 radical (unpaired) electrons. The Hall–Kier alpha value is -3.17. The Morgan fingerprint density at radius 2 is 1.95 bits per heavy atom. The molecule has 1 heterocycles. The first-order valence-electron chi connectivity index (χ1n) is 15.7. The number of aliphatic hydroxyl groups excluding tert-OH is 1. The predicted octanol–water partition coefficient (Wildman–Crippen LogP) is 4.43. The topological polar surface area (TPSA) is 133 Å². The molecule has 3 fully saturated rings. The third-order valence-corrected chi connectivity index (χ3v) is 11.8. The molecule has 1 amide bonds. The second-order valence-corrected chi connectivity index (χ2v) is 14.0. The van der Waals surface area contributed by atoms with Crippen LogP contribution in [0.2, 0.25) is 0 Å². The van der Waals surface area contributed by atoms with Crippen molar-refractivity contribution in [3.05, 3.63) is 47.7 Å². The maximum Gasteiger partial charge on any atom is 0.328 e. The number of esters is 1. The lowest BCUT2D eigenvalue weighted by molar-refractivity contribution is -0.164. The first-order valence-corrected chi connectivity index (χ1v) is 15.7. The van der Waals surface area contributed by atoms with Gasteiger partial charge in [-0.05, 0) is 92.7 Å². The van der Waals surface area contributed by atoms with Crippen molar-refractivity contribution in [2.75, 3.05) is 13.7 Å². The average molecular weight is 592 g/mol. The minimum absolute atomic E-state index is 0.120. The number of aliphatic hydroxyl groups is 2. The number of carbonyl (C=O) groups excluding carboxylic acids is 2. The second kappa shape index (κ2) is 11.1. The number of H-pyrrole nitrogens is 1. The molecule has 2 aromatic rings. The summed E-state index contributed by atoms with van der Waals surface area (Å²) in [5.41, 5.74) is 2.85. The van der Waals surface area contributed by atoms with Gasteiger partial charge in [0.15, 0.2) is 6.61 Å². The van der Waals surface area contributed by atoms with Gasteiger partial charge in [0.05, 0.1) is 24.5 Å². The lowest BCUT2D eigenvalue weighted by Crippen LogP contribution is -2.59. The van der Waals surface area contributed by atoms with Crippen LogP contribution in [0.3, 0.4) is 0 Å². The van der Waals surface area contributed by atoms with Gasteiger partial charge in [0.2, 0.25) is 0 Å². The van der Waals surface area contributed by atoms with E-state index in [9.17, 15) is 19.8 Å². The number of rotatable bonds is 7. The minimum atomic E-state index is -0.854. The Bertz CT molecular complexity index is 1460. The first-order chi connectivity index (χ1) is 20.5. The van der Waals surface area contributed by atoms with E-state index < -0.39 is 29.6 Å². The normalized spacial score (nSPS) is 36.7. The van der Waals surface area contributed by atoms with E-state index in [1.807, 2.05) is 37.4 Å². The Morgan fingerprint density at radius 1 is 1.16 bits per heavy atom. The molecule has 43 heavy (non-hydrogen) atoms. The molecule has 1 aromatic heterocycles. The summed E-state index contributed by atoms with van der Waals surface area (Å²) < 4.78 is 4.95. The number of hydrogen-bond acceptors (Lipinski definition) is 7. The number of oxime groups is 1. The summed E-state index contributed by atoms with van der Waals surface area (Å²) in [6.07, 6.45) is 9.75. The number of hydrogen-bond donors (Lipinski definition) is 4. The first kappa shape index (κ1) is 29.9. The number of aromatic amines is 1. The van der Waals surface area contributed by atoms with E-state index in [-0.39, 0.29) is 29.8 Å². The molecule has 9 heteroatoms. The quantitative estimate of drug-likeness (QED) is 0.278. The van der Waals surface area contributed by atoms with Crippen molar-refractivity contribution in [1.82, 2.24) is 10.3 Å².